The van der Waals surface area contributed by atoms with Crippen molar-refractivity contribution in [3.63, 3.8) is 0 Å². The van der Waals surface area contributed by atoms with Gasteiger partial charge in [0.05, 0.1) is 0 Å². The van der Waals surface area contributed by atoms with Crippen LogP contribution in [0, 0.1) is 47.3 Å². The maximum Gasteiger partial charge on any atom is 0.302 e. The number of ether oxygens (including phenoxy) is 2. The highest BCUT2D eigenvalue weighted by atomic mass is 16.5. The highest BCUT2D eigenvalue weighted by Crippen LogP contribution is 2.39. The monoisotopic (exact) mass is 398 g/mol. The van der Waals surface area contributed by atoms with Gasteiger partial charge in [-0.05, 0) is 61.2 Å². The van der Waals surface area contributed by atoms with Gasteiger partial charge in [-0.1, -0.05) is 55.4 Å². The molecule has 0 rings (SSSR count). The molecule has 0 aromatic rings. The minimum absolute atomic E-state index is 0.0709. The molecule has 0 radical (unpaired) electrons. The van der Waals surface area contributed by atoms with Crippen molar-refractivity contribution >= 4 is 11.9 Å². The van der Waals surface area contributed by atoms with Gasteiger partial charge in [-0.2, -0.15) is 0 Å². The molecule has 0 amide bonds. The molecular weight excluding hydrogens is 352 g/mol. The first kappa shape index (κ1) is 26.9. The van der Waals surface area contributed by atoms with Gasteiger partial charge in [-0.15, -0.1) is 0 Å². The van der Waals surface area contributed by atoms with Crippen molar-refractivity contribution in [1.29, 1.82) is 0 Å². The second kappa shape index (κ2) is 11.8. The van der Waals surface area contributed by atoms with E-state index in [1.165, 1.54) is 13.8 Å². The molecule has 166 valence electrons. The molecule has 0 spiro atoms. The minimum Gasteiger partial charge on any atom is -0.463 e. The van der Waals surface area contributed by atoms with E-state index in [-0.39, 0.29) is 24.1 Å². The maximum absolute atomic E-state index is 11.3. The number of carbonyl (C=O) groups is 2. The van der Waals surface area contributed by atoms with Gasteiger partial charge in [0.1, 0.15) is 12.2 Å². The van der Waals surface area contributed by atoms with Crippen LogP contribution in [0.5, 0.6) is 0 Å². The molecule has 0 fully saturated rings. The highest BCUT2D eigenvalue weighted by molar-refractivity contribution is 5.66. The van der Waals surface area contributed by atoms with Crippen LogP contribution < -0.4 is 0 Å². The third-order valence-electron chi connectivity index (χ3n) is 7.99. The van der Waals surface area contributed by atoms with Crippen LogP contribution in [-0.4, -0.2) is 24.1 Å². The van der Waals surface area contributed by atoms with Crippen LogP contribution in [0.3, 0.4) is 0 Å². The predicted octanol–water partition coefficient (Wildman–Crippen LogP) is 5.98. The molecule has 0 aromatic heterocycles. The van der Waals surface area contributed by atoms with E-state index >= 15 is 0 Å². The maximum atomic E-state index is 11.3. The van der Waals surface area contributed by atoms with E-state index in [1.807, 2.05) is 13.8 Å². The summed E-state index contributed by atoms with van der Waals surface area (Å²) in [5.74, 6) is 3.20. The highest BCUT2D eigenvalue weighted by Gasteiger charge is 2.35. The van der Waals surface area contributed by atoms with E-state index in [0.717, 1.165) is 0 Å². The number of rotatable bonds is 11. The Balaban J connectivity index is 5.02. The van der Waals surface area contributed by atoms with Crippen molar-refractivity contribution in [3.05, 3.63) is 0 Å². The molecule has 0 N–H and O–H groups in total. The van der Waals surface area contributed by atoms with Crippen molar-refractivity contribution in [2.45, 2.75) is 95.3 Å². The lowest BCUT2D eigenvalue weighted by atomic mass is 9.66. The predicted molar refractivity (Wildman–Crippen MR) is 116 cm³/mol. The van der Waals surface area contributed by atoms with Crippen LogP contribution in [0.4, 0.5) is 0 Å². The molecule has 0 aliphatic heterocycles. The summed E-state index contributed by atoms with van der Waals surface area (Å²) < 4.78 is 10.8. The third-order valence-corrected chi connectivity index (χ3v) is 7.99. The van der Waals surface area contributed by atoms with Gasteiger partial charge in [-0.3, -0.25) is 9.59 Å². The second-order valence-corrected chi connectivity index (χ2v) is 9.50. The Bertz CT molecular complexity index is 445. The Morgan fingerprint density at radius 1 is 0.429 bits per heavy atom. The Kier molecular flexibility index (Phi) is 11.4. The quantitative estimate of drug-likeness (QED) is 0.402. The van der Waals surface area contributed by atoms with Crippen LogP contribution in [0.25, 0.3) is 0 Å². The number of carbonyl (C=O) groups excluding carboxylic acids is 2. The van der Waals surface area contributed by atoms with E-state index in [0.29, 0.717) is 47.3 Å². The molecule has 0 saturated heterocycles. The zero-order valence-electron chi connectivity index (χ0n) is 20.4. The number of esters is 2. The van der Waals surface area contributed by atoms with Crippen LogP contribution in [0.1, 0.15) is 83.1 Å². The van der Waals surface area contributed by atoms with Crippen molar-refractivity contribution in [2.24, 2.45) is 47.3 Å². The summed E-state index contributed by atoms with van der Waals surface area (Å²) in [4.78, 5) is 22.6. The van der Waals surface area contributed by atoms with Gasteiger partial charge in [0.2, 0.25) is 0 Å². The largest absolute Gasteiger partial charge is 0.463 e. The summed E-state index contributed by atoms with van der Waals surface area (Å²) in [6.45, 7) is 25.2. The van der Waals surface area contributed by atoms with Gasteiger partial charge in [0, 0.05) is 13.8 Å². The molecule has 4 nitrogen and oxygen atoms in total. The van der Waals surface area contributed by atoms with Crippen molar-refractivity contribution in [1.82, 2.24) is 0 Å². The summed E-state index contributed by atoms with van der Waals surface area (Å²) >= 11 is 0. The van der Waals surface area contributed by atoms with Crippen LogP contribution in [0.15, 0.2) is 0 Å². The standard InChI is InChI=1S/C24H46O4/c1-13(15(3)17(5)19(7)21(9)27-23(11)25)14(2)16(4)18(6)20(8)22(10)28-24(12)26/h13-22H,1-12H3/t13-,14-,15+,16+,17-,18-,19+,20+,21-,22-/m1/s1. The van der Waals surface area contributed by atoms with Gasteiger partial charge < -0.3 is 9.47 Å². The first-order valence-corrected chi connectivity index (χ1v) is 11.1. The number of hydrogen-bond acceptors (Lipinski definition) is 4. The first-order chi connectivity index (χ1) is 12.7. The lowest BCUT2D eigenvalue weighted by Gasteiger charge is -2.40. The second-order valence-electron chi connectivity index (χ2n) is 9.50. The summed E-state index contributed by atoms with van der Waals surface area (Å²) in [7, 11) is 0. The lowest BCUT2D eigenvalue weighted by molar-refractivity contribution is -0.150. The molecule has 0 aliphatic rings. The minimum atomic E-state index is -0.209. The molecule has 0 saturated carbocycles. The molecular formula is C24H46O4. The molecule has 0 unspecified atom stereocenters. The van der Waals surface area contributed by atoms with Crippen LogP contribution in [0.2, 0.25) is 0 Å². The van der Waals surface area contributed by atoms with E-state index in [2.05, 4.69) is 55.4 Å². The molecule has 4 heteroatoms. The van der Waals surface area contributed by atoms with Gasteiger partial charge in [0.25, 0.3) is 0 Å². The van der Waals surface area contributed by atoms with Crippen LogP contribution in [-0.2, 0) is 19.1 Å². The fourth-order valence-corrected chi connectivity index (χ4v) is 4.47. The fourth-order valence-electron chi connectivity index (χ4n) is 4.47. The average Bonchev–Trinajstić information content (AvgIpc) is 2.61. The molecule has 0 aliphatic carbocycles. The molecule has 0 aromatic carbocycles. The number of hydrogen-bond donors (Lipinski definition) is 0. The normalized spacial score (nSPS) is 22.6. The topological polar surface area (TPSA) is 52.6 Å². The molecule has 10 atom stereocenters. The molecule has 28 heavy (non-hydrogen) atoms. The third kappa shape index (κ3) is 7.75. The van der Waals surface area contributed by atoms with Gasteiger partial charge >= 0.3 is 11.9 Å². The van der Waals surface area contributed by atoms with Crippen molar-refractivity contribution < 1.29 is 19.1 Å². The smallest absolute Gasteiger partial charge is 0.302 e. The first-order valence-electron chi connectivity index (χ1n) is 11.1. The van der Waals surface area contributed by atoms with E-state index < -0.39 is 0 Å². The summed E-state index contributed by atoms with van der Waals surface area (Å²) in [6, 6.07) is 0. The Morgan fingerprint density at radius 3 is 0.786 bits per heavy atom. The SMILES string of the molecule is CC(=O)O[C@H](C)[C@@H](C)[C@H](C)[C@@H](C)[C@H](C)[C@@H](C)[C@H](C)[C@@H](C)[C@H](C)[C@@H](C)OC(C)=O. The van der Waals surface area contributed by atoms with Crippen molar-refractivity contribution in [2.75, 3.05) is 0 Å². The Hall–Kier alpha value is -1.06. The van der Waals surface area contributed by atoms with Crippen LogP contribution >= 0.6 is 0 Å². The Labute approximate surface area is 174 Å². The van der Waals surface area contributed by atoms with Gasteiger partial charge in [0.15, 0.2) is 0 Å². The van der Waals surface area contributed by atoms with Gasteiger partial charge in [-0.25, -0.2) is 0 Å². The van der Waals surface area contributed by atoms with E-state index in [4.69, 9.17) is 9.47 Å². The fraction of sp³-hybridized carbons (Fsp3) is 0.917. The van der Waals surface area contributed by atoms with Crippen molar-refractivity contribution in [3.8, 4) is 0 Å². The summed E-state index contributed by atoms with van der Waals surface area (Å²) in [5.41, 5.74) is 0. The molecule has 0 bridgehead atoms. The average molecular weight is 399 g/mol. The Morgan fingerprint density at radius 2 is 0.607 bits per heavy atom. The summed E-state index contributed by atoms with van der Waals surface area (Å²) in [6.07, 6.45) is -0.142. The lowest BCUT2D eigenvalue weighted by Crippen LogP contribution is -2.37. The van der Waals surface area contributed by atoms with E-state index in [1.54, 1.807) is 0 Å². The zero-order valence-corrected chi connectivity index (χ0v) is 20.4. The zero-order chi connectivity index (χ0) is 22.3. The van der Waals surface area contributed by atoms with E-state index in [9.17, 15) is 9.59 Å². The molecule has 0 heterocycles. The summed E-state index contributed by atoms with van der Waals surface area (Å²) in [5, 5.41) is 0.